The summed E-state index contributed by atoms with van der Waals surface area (Å²) >= 11 is 10.5. The smallest absolute Gasteiger partial charge is 0.250 e. The molecule has 0 saturated heterocycles. The first-order valence-electron chi connectivity index (χ1n) is 10.2. The van der Waals surface area contributed by atoms with Crippen LogP contribution in [0, 0.1) is 5.82 Å². The van der Waals surface area contributed by atoms with Crippen molar-refractivity contribution in [1.82, 2.24) is 20.2 Å². The summed E-state index contributed by atoms with van der Waals surface area (Å²) in [6, 6.07) is 19.1. The van der Waals surface area contributed by atoms with Crippen molar-refractivity contribution in [3.8, 4) is 22.8 Å². The van der Waals surface area contributed by atoms with Crippen LogP contribution in [0.3, 0.4) is 0 Å². The van der Waals surface area contributed by atoms with E-state index in [1.807, 2.05) is 41.0 Å². The summed E-state index contributed by atoms with van der Waals surface area (Å²) in [5, 5.41) is 13.6. The van der Waals surface area contributed by atoms with Crippen molar-refractivity contribution < 1.29 is 13.9 Å². The van der Waals surface area contributed by atoms with Crippen LogP contribution in [0.2, 0.25) is 5.02 Å². The molecule has 1 aromatic heterocycles. The number of halogens is 3. The van der Waals surface area contributed by atoms with Crippen LogP contribution in [0.5, 0.6) is 5.75 Å². The third-order valence-electron chi connectivity index (χ3n) is 4.75. The van der Waals surface area contributed by atoms with E-state index in [0.717, 1.165) is 17.0 Å². The summed E-state index contributed by atoms with van der Waals surface area (Å²) in [5.41, 5.74) is 4.27. The van der Waals surface area contributed by atoms with E-state index in [-0.39, 0.29) is 17.2 Å². The van der Waals surface area contributed by atoms with Gasteiger partial charge in [-0.1, -0.05) is 39.3 Å². The number of carbonyl (C=O) groups is 1. The lowest BCUT2D eigenvalue weighted by molar-refractivity contribution is -0.118. The molecule has 0 aliphatic rings. The zero-order valence-electron chi connectivity index (χ0n) is 18.3. The number of ether oxygens (including phenoxy) is 1. The van der Waals surface area contributed by atoms with Crippen LogP contribution in [0.25, 0.3) is 17.1 Å². The minimum Gasteiger partial charge on any atom is -0.497 e. The molecule has 0 spiro atoms. The second-order valence-corrected chi connectivity index (χ2v) is 9.39. The van der Waals surface area contributed by atoms with Crippen molar-refractivity contribution in [2.24, 2.45) is 5.10 Å². The molecule has 0 aliphatic heterocycles. The fraction of sp³-hybridized carbons (Fsp3) is 0.0833. The fourth-order valence-corrected chi connectivity index (χ4v) is 4.31. The average Bonchev–Trinajstić information content (AvgIpc) is 3.29. The molecule has 0 unspecified atom stereocenters. The van der Waals surface area contributed by atoms with Crippen LogP contribution >= 0.6 is 39.3 Å². The summed E-state index contributed by atoms with van der Waals surface area (Å²) < 4.78 is 21.6. The summed E-state index contributed by atoms with van der Waals surface area (Å²) in [5.74, 6) is 0.523. The maximum absolute atomic E-state index is 13.8. The largest absolute Gasteiger partial charge is 0.497 e. The molecular formula is C24H18BrClFN5O2S. The van der Waals surface area contributed by atoms with Crippen LogP contribution in [0.1, 0.15) is 5.56 Å². The molecule has 4 rings (SSSR count). The Morgan fingerprint density at radius 3 is 2.63 bits per heavy atom. The van der Waals surface area contributed by atoms with Gasteiger partial charge in [-0.15, -0.1) is 10.2 Å². The van der Waals surface area contributed by atoms with E-state index < -0.39 is 5.82 Å². The topological polar surface area (TPSA) is 81.4 Å². The third-order valence-corrected chi connectivity index (χ3v) is 6.42. The quantitative estimate of drug-likeness (QED) is 0.165. The normalized spacial score (nSPS) is 11.1. The van der Waals surface area contributed by atoms with Crippen molar-refractivity contribution in [3.05, 3.63) is 87.6 Å². The van der Waals surface area contributed by atoms with Gasteiger partial charge >= 0.3 is 0 Å². The van der Waals surface area contributed by atoms with Crippen molar-refractivity contribution in [2.75, 3.05) is 12.9 Å². The molecule has 1 amide bonds. The fourth-order valence-electron chi connectivity index (χ4n) is 3.06. The highest BCUT2D eigenvalue weighted by Crippen LogP contribution is 2.29. The lowest BCUT2D eigenvalue weighted by Crippen LogP contribution is -2.20. The Bertz CT molecular complexity index is 1360. The predicted octanol–water partition coefficient (Wildman–Crippen LogP) is 5.74. The second-order valence-electron chi connectivity index (χ2n) is 7.09. The average molecular weight is 575 g/mol. The summed E-state index contributed by atoms with van der Waals surface area (Å²) in [4.78, 5) is 12.4. The predicted molar refractivity (Wildman–Crippen MR) is 139 cm³/mol. The number of aromatic nitrogens is 3. The Hall–Kier alpha value is -3.21. The van der Waals surface area contributed by atoms with Gasteiger partial charge in [0.15, 0.2) is 11.0 Å². The molecule has 7 nitrogen and oxygen atoms in total. The van der Waals surface area contributed by atoms with E-state index in [1.165, 1.54) is 24.0 Å². The van der Waals surface area contributed by atoms with Gasteiger partial charge < -0.3 is 4.74 Å². The van der Waals surface area contributed by atoms with E-state index in [9.17, 15) is 9.18 Å². The number of benzene rings is 3. The number of thioether (sulfide) groups is 1. The zero-order valence-corrected chi connectivity index (χ0v) is 21.4. The summed E-state index contributed by atoms with van der Waals surface area (Å²) in [6.07, 6.45) is 1.25. The number of nitrogens with zero attached hydrogens (tertiary/aromatic N) is 4. The third kappa shape index (κ3) is 6.27. The van der Waals surface area contributed by atoms with Gasteiger partial charge in [0, 0.05) is 26.3 Å². The van der Waals surface area contributed by atoms with E-state index in [4.69, 9.17) is 16.3 Å². The Morgan fingerprint density at radius 1 is 1.17 bits per heavy atom. The molecule has 0 saturated carbocycles. The van der Waals surface area contributed by atoms with Gasteiger partial charge in [0.2, 0.25) is 0 Å². The number of amides is 1. The van der Waals surface area contributed by atoms with E-state index in [1.54, 1.807) is 31.4 Å². The number of nitrogens with one attached hydrogen (secondary N) is 1. The Morgan fingerprint density at radius 2 is 1.91 bits per heavy atom. The number of hydrogen-bond donors (Lipinski definition) is 1. The van der Waals surface area contributed by atoms with Gasteiger partial charge in [0.1, 0.15) is 11.6 Å². The van der Waals surface area contributed by atoms with Crippen LogP contribution in [0.4, 0.5) is 4.39 Å². The minimum atomic E-state index is -0.442. The Kier molecular flexibility index (Phi) is 8.17. The second kappa shape index (κ2) is 11.5. The minimum absolute atomic E-state index is 0.0205. The molecule has 11 heteroatoms. The van der Waals surface area contributed by atoms with Gasteiger partial charge in [-0.3, -0.25) is 9.36 Å². The first-order chi connectivity index (χ1) is 16.9. The molecule has 0 aliphatic carbocycles. The number of hydrogen-bond acceptors (Lipinski definition) is 6. The molecule has 0 radical (unpaired) electrons. The molecule has 1 heterocycles. The summed E-state index contributed by atoms with van der Waals surface area (Å²) in [7, 11) is 1.60. The van der Waals surface area contributed by atoms with Crippen LogP contribution in [-0.4, -0.2) is 39.7 Å². The van der Waals surface area contributed by atoms with Gasteiger partial charge in [-0.2, -0.15) is 5.10 Å². The van der Waals surface area contributed by atoms with E-state index in [2.05, 4.69) is 36.7 Å². The van der Waals surface area contributed by atoms with Gasteiger partial charge in [0.25, 0.3) is 5.91 Å². The van der Waals surface area contributed by atoms with Crippen LogP contribution < -0.4 is 10.2 Å². The number of hydrazone groups is 1. The highest BCUT2D eigenvalue weighted by Gasteiger charge is 2.17. The molecule has 4 aromatic rings. The highest BCUT2D eigenvalue weighted by molar-refractivity contribution is 9.10. The lowest BCUT2D eigenvalue weighted by Gasteiger charge is -2.11. The van der Waals surface area contributed by atoms with Gasteiger partial charge in [0.05, 0.1) is 19.1 Å². The molecule has 178 valence electrons. The van der Waals surface area contributed by atoms with Crippen LogP contribution in [0.15, 0.2) is 81.5 Å². The molecule has 35 heavy (non-hydrogen) atoms. The monoisotopic (exact) mass is 573 g/mol. The highest BCUT2D eigenvalue weighted by atomic mass is 79.9. The van der Waals surface area contributed by atoms with Gasteiger partial charge in [-0.25, -0.2) is 9.82 Å². The van der Waals surface area contributed by atoms with Crippen molar-refractivity contribution >= 4 is 51.4 Å². The summed E-state index contributed by atoms with van der Waals surface area (Å²) in [6.45, 7) is 0. The first-order valence-corrected chi connectivity index (χ1v) is 12.4. The first kappa shape index (κ1) is 24.9. The Balaban J connectivity index is 1.52. The van der Waals surface area contributed by atoms with Crippen molar-refractivity contribution in [3.63, 3.8) is 0 Å². The Labute approximate surface area is 218 Å². The molecule has 1 N–H and O–H groups in total. The van der Waals surface area contributed by atoms with Crippen molar-refractivity contribution in [2.45, 2.75) is 5.16 Å². The van der Waals surface area contributed by atoms with E-state index >= 15 is 0 Å². The maximum atomic E-state index is 13.8. The zero-order chi connectivity index (χ0) is 24.8. The standard InChI is InChI=1S/C24H18BrClFN5O2S/c1-34-20-9-2-15(3-10-20)23-30-31-24(32(23)19-7-5-18(26)6-8-19)35-14-22(33)29-28-13-16-12-17(25)4-11-21(16)27/h2-13H,14H2,1H3,(H,29,33)/b28-13-. The van der Waals surface area contributed by atoms with E-state index in [0.29, 0.717) is 20.5 Å². The molecule has 0 atom stereocenters. The van der Waals surface area contributed by atoms with Crippen molar-refractivity contribution in [1.29, 1.82) is 0 Å². The van der Waals surface area contributed by atoms with Crippen LogP contribution in [-0.2, 0) is 4.79 Å². The lowest BCUT2D eigenvalue weighted by atomic mass is 10.2. The maximum Gasteiger partial charge on any atom is 0.250 e. The SMILES string of the molecule is COc1ccc(-c2nnc(SCC(=O)N/N=C\c3cc(Br)ccc3F)n2-c2ccc(Cl)cc2)cc1. The van der Waals surface area contributed by atoms with Gasteiger partial charge in [-0.05, 0) is 66.7 Å². The number of rotatable bonds is 8. The molecule has 0 bridgehead atoms. The molecule has 0 fully saturated rings. The number of carbonyl (C=O) groups excluding carboxylic acids is 1. The molecular weight excluding hydrogens is 557 g/mol. The molecule has 3 aromatic carbocycles. The number of methoxy groups -OCH3 is 1.